The van der Waals surface area contributed by atoms with E-state index in [4.69, 9.17) is 4.74 Å². The van der Waals surface area contributed by atoms with E-state index in [9.17, 15) is 4.39 Å². The van der Waals surface area contributed by atoms with Crippen LogP contribution in [0.1, 0.15) is 22.6 Å². The summed E-state index contributed by atoms with van der Waals surface area (Å²) in [6.07, 6.45) is 5.94. The molecular weight excluding hydrogens is 361 g/mol. The fourth-order valence-electron chi connectivity index (χ4n) is 3.64. The third kappa shape index (κ3) is 2.58. The zero-order chi connectivity index (χ0) is 19.3. The highest BCUT2D eigenvalue weighted by Gasteiger charge is 2.20. The molecule has 28 heavy (non-hydrogen) atoms. The first-order chi connectivity index (χ1) is 13.6. The van der Waals surface area contributed by atoms with Gasteiger partial charge in [-0.15, -0.1) is 10.2 Å². The van der Waals surface area contributed by atoms with Crippen LogP contribution in [0.15, 0.2) is 30.9 Å². The third-order valence-electron chi connectivity index (χ3n) is 4.94. The maximum atomic E-state index is 14.4. The second kappa shape index (κ2) is 6.29. The quantitative estimate of drug-likeness (QED) is 0.587. The van der Waals surface area contributed by atoms with Crippen LogP contribution < -0.4 is 10.1 Å². The van der Waals surface area contributed by atoms with Gasteiger partial charge in [0, 0.05) is 30.3 Å². The van der Waals surface area contributed by atoms with Crippen LogP contribution in [0.5, 0.6) is 5.75 Å². The molecule has 3 aromatic heterocycles. The largest absolute Gasteiger partial charge is 0.493 e. The molecule has 0 saturated heterocycles. The van der Waals surface area contributed by atoms with Gasteiger partial charge in [-0.3, -0.25) is 4.57 Å². The first-order valence-corrected chi connectivity index (χ1v) is 9.00. The van der Waals surface area contributed by atoms with Crippen molar-refractivity contribution in [3.8, 4) is 11.4 Å². The lowest BCUT2D eigenvalue weighted by Crippen LogP contribution is -2.11. The molecule has 0 atom stereocenters. The zero-order valence-corrected chi connectivity index (χ0v) is 15.5. The second-order valence-electron chi connectivity index (χ2n) is 6.75. The molecule has 0 aliphatic carbocycles. The minimum Gasteiger partial charge on any atom is -0.493 e. The molecule has 0 spiro atoms. The lowest BCUT2D eigenvalue weighted by molar-refractivity contribution is 0.356. The van der Waals surface area contributed by atoms with E-state index in [1.165, 1.54) is 6.07 Å². The van der Waals surface area contributed by atoms with E-state index >= 15 is 0 Å². The van der Waals surface area contributed by atoms with Crippen LogP contribution in [-0.2, 0) is 13.0 Å². The maximum Gasteiger partial charge on any atom is 0.210 e. The number of nitrogens with zero attached hydrogens (tertiary/aromatic N) is 6. The Morgan fingerprint density at radius 2 is 2.18 bits per heavy atom. The number of fused-ring (bicyclic) bond motifs is 2. The molecule has 4 aromatic rings. The number of nitrogens with one attached hydrogen (secondary N) is 1. The van der Waals surface area contributed by atoms with Crippen LogP contribution in [-0.4, -0.2) is 35.7 Å². The van der Waals surface area contributed by atoms with Crippen molar-refractivity contribution in [1.29, 1.82) is 0 Å². The lowest BCUT2D eigenvalue weighted by atomic mass is 10.0. The molecule has 0 amide bonds. The molecule has 0 bridgehead atoms. The van der Waals surface area contributed by atoms with Gasteiger partial charge in [-0.25, -0.2) is 18.8 Å². The highest BCUT2D eigenvalue weighted by atomic mass is 19.1. The summed E-state index contributed by atoms with van der Waals surface area (Å²) < 4.78 is 23.6. The number of anilines is 1. The van der Waals surface area contributed by atoms with Gasteiger partial charge in [0.25, 0.3) is 0 Å². The van der Waals surface area contributed by atoms with Crippen LogP contribution >= 0.6 is 0 Å². The van der Waals surface area contributed by atoms with Gasteiger partial charge in [-0.1, -0.05) is 0 Å². The number of ether oxygens (including phenoxy) is 1. The summed E-state index contributed by atoms with van der Waals surface area (Å²) in [4.78, 5) is 8.94. The van der Waals surface area contributed by atoms with Gasteiger partial charge < -0.3 is 10.1 Å². The number of rotatable bonds is 4. The monoisotopic (exact) mass is 379 g/mol. The Bertz CT molecular complexity index is 1200. The van der Waals surface area contributed by atoms with Crippen LogP contribution in [0.25, 0.3) is 11.3 Å². The number of hydrogen-bond acceptors (Lipinski definition) is 6. The standard InChI is InChI=1S/C19H18FN7O/c1-11-9-26(12(2)24-11)16-8-22-19(27-10-23-25-18(16)27)21-7-14-13-5-6-28-17(13)4-3-15(14)20/h3-4,8-10H,5-7H2,1-2H3,(H,21,22). The molecule has 0 radical (unpaired) electrons. The van der Waals surface area contributed by atoms with E-state index < -0.39 is 0 Å². The van der Waals surface area contributed by atoms with E-state index in [0.717, 1.165) is 28.5 Å². The Morgan fingerprint density at radius 3 is 3.00 bits per heavy atom. The number of aryl methyl sites for hydroxylation is 2. The first-order valence-electron chi connectivity index (χ1n) is 9.00. The van der Waals surface area contributed by atoms with Gasteiger partial charge in [0.2, 0.25) is 5.95 Å². The summed E-state index contributed by atoms with van der Waals surface area (Å²) in [5.41, 5.74) is 3.84. The Labute approximate surface area is 160 Å². The second-order valence-corrected chi connectivity index (χ2v) is 6.75. The summed E-state index contributed by atoms with van der Waals surface area (Å²) in [6, 6.07) is 3.12. The molecule has 4 heterocycles. The van der Waals surface area contributed by atoms with Crippen molar-refractivity contribution >= 4 is 11.6 Å². The maximum absolute atomic E-state index is 14.4. The average Bonchev–Trinajstić information content (AvgIpc) is 3.40. The van der Waals surface area contributed by atoms with Gasteiger partial charge in [-0.2, -0.15) is 0 Å². The molecule has 1 aliphatic heterocycles. The molecule has 0 fully saturated rings. The molecule has 5 rings (SSSR count). The third-order valence-corrected chi connectivity index (χ3v) is 4.94. The van der Waals surface area contributed by atoms with Gasteiger partial charge >= 0.3 is 0 Å². The summed E-state index contributed by atoms with van der Waals surface area (Å²) in [7, 11) is 0. The summed E-state index contributed by atoms with van der Waals surface area (Å²) >= 11 is 0. The first kappa shape index (κ1) is 16.7. The number of hydrogen-bond donors (Lipinski definition) is 1. The van der Waals surface area contributed by atoms with Crippen LogP contribution in [0, 0.1) is 19.7 Å². The number of halogens is 1. The molecule has 8 nitrogen and oxygen atoms in total. The lowest BCUT2D eigenvalue weighted by Gasteiger charge is -2.13. The highest BCUT2D eigenvalue weighted by Crippen LogP contribution is 2.30. The predicted octanol–water partition coefficient (Wildman–Crippen LogP) is 2.61. The van der Waals surface area contributed by atoms with Crippen molar-refractivity contribution in [2.75, 3.05) is 11.9 Å². The van der Waals surface area contributed by atoms with Crippen molar-refractivity contribution in [1.82, 2.24) is 29.1 Å². The van der Waals surface area contributed by atoms with Crippen molar-refractivity contribution in [3.05, 3.63) is 59.3 Å². The summed E-state index contributed by atoms with van der Waals surface area (Å²) in [5.74, 6) is 1.88. The molecule has 142 valence electrons. The minimum atomic E-state index is -0.252. The van der Waals surface area contributed by atoms with E-state index in [2.05, 4.69) is 25.5 Å². The molecule has 1 N–H and O–H groups in total. The van der Waals surface area contributed by atoms with Crippen LogP contribution in [0.3, 0.4) is 0 Å². The molecule has 9 heteroatoms. The SMILES string of the molecule is Cc1cn(-c2cnc(NCc3c(F)ccc4c3CCO4)n3cnnc23)c(C)n1. The number of imidazole rings is 1. The van der Waals surface area contributed by atoms with Crippen molar-refractivity contribution in [2.45, 2.75) is 26.8 Å². The number of aromatic nitrogens is 6. The van der Waals surface area contributed by atoms with E-state index in [-0.39, 0.29) is 5.82 Å². The zero-order valence-electron chi connectivity index (χ0n) is 15.5. The van der Waals surface area contributed by atoms with Crippen molar-refractivity contribution in [3.63, 3.8) is 0 Å². The average molecular weight is 379 g/mol. The van der Waals surface area contributed by atoms with Gasteiger partial charge in [0.1, 0.15) is 29.4 Å². The summed E-state index contributed by atoms with van der Waals surface area (Å²) in [5, 5.41) is 11.5. The van der Waals surface area contributed by atoms with Crippen molar-refractivity contribution < 1.29 is 9.13 Å². The Balaban J connectivity index is 1.50. The normalized spacial score (nSPS) is 13.0. The van der Waals surface area contributed by atoms with Crippen LogP contribution in [0.2, 0.25) is 0 Å². The van der Waals surface area contributed by atoms with E-state index in [1.54, 1.807) is 23.0 Å². The van der Waals surface area contributed by atoms with E-state index in [1.807, 2.05) is 24.6 Å². The topological polar surface area (TPSA) is 82.2 Å². The smallest absolute Gasteiger partial charge is 0.210 e. The van der Waals surface area contributed by atoms with E-state index in [0.29, 0.717) is 36.7 Å². The Kier molecular flexibility index (Phi) is 3.75. The molecule has 1 aliphatic rings. The van der Waals surface area contributed by atoms with Gasteiger partial charge in [0.15, 0.2) is 5.65 Å². The van der Waals surface area contributed by atoms with Gasteiger partial charge in [-0.05, 0) is 26.0 Å². The minimum absolute atomic E-state index is 0.252. The molecule has 0 unspecified atom stereocenters. The molecule has 0 saturated carbocycles. The fraction of sp³-hybridized carbons (Fsp3) is 0.263. The fourth-order valence-corrected chi connectivity index (χ4v) is 3.64. The summed E-state index contributed by atoms with van der Waals surface area (Å²) in [6.45, 7) is 4.73. The predicted molar refractivity (Wildman–Crippen MR) is 100 cm³/mol. The molecular formula is C19H18FN7O. The Hall–Kier alpha value is -3.49. The molecule has 1 aromatic carbocycles. The number of benzene rings is 1. The van der Waals surface area contributed by atoms with Crippen LogP contribution in [0.4, 0.5) is 10.3 Å². The highest BCUT2D eigenvalue weighted by molar-refractivity contribution is 5.61. The van der Waals surface area contributed by atoms with Crippen molar-refractivity contribution in [2.24, 2.45) is 0 Å². The van der Waals surface area contributed by atoms with Gasteiger partial charge in [0.05, 0.1) is 18.5 Å². The Morgan fingerprint density at radius 1 is 1.29 bits per heavy atom.